The van der Waals surface area contributed by atoms with Gasteiger partial charge < -0.3 is 4.90 Å². The van der Waals surface area contributed by atoms with Crippen LogP contribution in [-0.2, 0) is 10.0 Å². The first kappa shape index (κ1) is 18.6. The van der Waals surface area contributed by atoms with Crippen LogP contribution in [0.3, 0.4) is 0 Å². The van der Waals surface area contributed by atoms with Gasteiger partial charge in [-0.1, -0.05) is 42.5 Å². The Labute approximate surface area is 155 Å². The molecule has 26 heavy (non-hydrogen) atoms. The molecule has 1 aliphatic heterocycles. The van der Waals surface area contributed by atoms with Crippen LogP contribution in [-0.4, -0.2) is 55.5 Å². The number of nitrogens with zero attached hydrogens (tertiary/aromatic N) is 2. The van der Waals surface area contributed by atoms with Gasteiger partial charge in [0.15, 0.2) is 0 Å². The molecular formula is C20H24N2O3S. The number of hydrogen-bond donors (Lipinski definition) is 0. The molecule has 0 spiro atoms. The van der Waals surface area contributed by atoms with Crippen molar-refractivity contribution in [2.45, 2.75) is 13.3 Å². The van der Waals surface area contributed by atoms with E-state index < -0.39 is 10.0 Å². The molecular weight excluding hydrogens is 348 g/mol. The first-order chi connectivity index (χ1) is 12.5. The van der Waals surface area contributed by atoms with Crippen LogP contribution in [0.25, 0.3) is 11.1 Å². The van der Waals surface area contributed by atoms with Crippen molar-refractivity contribution in [2.75, 3.05) is 31.9 Å². The molecule has 1 aliphatic rings. The molecule has 3 rings (SSSR count). The van der Waals surface area contributed by atoms with Crippen LogP contribution in [0.2, 0.25) is 0 Å². The van der Waals surface area contributed by atoms with Gasteiger partial charge in [0.1, 0.15) is 0 Å². The van der Waals surface area contributed by atoms with Gasteiger partial charge in [0.2, 0.25) is 10.0 Å². The highest BCUT2D eigenvalue weighted by atomic mass is 32.2. The summed E-state index contributed by atoms with van der Waals surface area (Å²) >= 11 is 0. The molecule has 138 valence electrons. The first-order valence-corrected chi connectivity index (χ1v) is 10.5. The molecule has 1 saturated heterocycles. The Bertz CT molecular complexity index is 848. The number of rotatable bonds is 4. The molecule has 6 heteroatoms. The van der Waals surface area contributed by atoms with Crippen LogP contribution in [0.15, 0.2) is 54.6 Å². The minimum atomic E-state index is -3.20. The molecule has 1 fully saturated rings. The number of sulfonamides is 1. The fourth-order valence-corrected chi connectivity index (χ4v) is 4.31. The molecule has 0 N–H and O–H groups in total. The molecule has 0 radical (unpaired) electrons. The predicted octanol–water partition coefficient (Wildman–Crippen LogP) is 2.85. The van der Waals surface area contributed by atoms with Crippen molar-refractivity contribution in [2.24, 2.45) is 0 Å². The number of benzene rings is 2. The quantitative estimate of drug-likeness (QED) is 0.829. The Hall–Kier alpha value is -2.18. The van der Waals surface area contributed by atoms with Gasteiger partial charge in [-0.2, -0.15) is 0 Å². The monoisotopic (exact) mass is 372 g/mol. The fourth-order valence-electron chi connectivity index (χ4n) is 3.18. The van der Waals surface area contributed by atoms with Crippen LogP contribution in [0.5, 0.6) is 0 Å². The SMILES string of the molecule is CCS(=O)(=O)N1CCCN(C(=O)c2ccc(-c3ccccc3)cc2)CC1. The summed E-state index contributed by atoms with van der Waals surface area (Å²) in [6.45, 7) is 3.50. The van der Waals surface area contributed by atoms with E-state index in [0.717, 1.165) is 11.1 Å². The van der Waals surface area contributed by atoms with E-state index in [4.69, 9.17) is 0 Å². The second kappa shape index (κ2) is 8.01. The van der Waals surface area contributed by atoms with E-state index in [1.54, 1.807) is 11.8 Å². The van der Waals surface area contributed by atoms with Gasteiger partial charge in [0, 0.05) is 31.7 Å². The van der Waals surface area contributed by atoms with Crippen molar-refractivity contribution in [1.29, 1.82) is 0 Å². The third-order valence-electron chi connectivity index (χ3n) is 4.74. The molecule has 1 heterocycles. The van der Waals surface area contributed by atoms with Gasteiger partial charge in [0.25, 0.3) is 5.91 Å². The topological polar surface area (TPSA) is 57.7 Å². The summed E-state index contributed by atoms with van der Waals surface area (Å²) in [5.41, 5.74) is 2.82. The minimum Gasteiger partial charge on any atom is -0.337 e. The first-order valence-electron chi connectivity index (χ1n) is 8.94. The van der Waals surface area contributed by atoms with Gasteiger partial charge >= 0.3 is 0 Å². The number of carbonyl (C=O) groups is 1. The Balaban J connectivity index is 1.69. The molecule has 5 nitrogen and oxygen atoms in total. The van der Waals surface area contributed by atoms with Gasteiger partial charge in [-0.25, -0.2) is 12.7 Å². The zero-order chi connectivity index (χ0) is 18.6. The molecule has 2 aromatic rings. The van der Waals surface area contributed by atoms with Crippen molar-refractivity contribution in [1.82, 2.24) is 9.21 Å². The van der Waals surface area contributed by atoms with E-state index >= 15 is 0 Å². The Morgan fingerprint density at radius 3 is 2.19 bits per heavy atom. The lowest BCUT2D eigenvalue weighted by molar-refractivity contribution is 0.0764. The Morgan fingerprint density at radius 2 is 1.54 bits per heavy atom. The van der Waals surface area contributed by atoms with Crippen LogP contribution in [0.4, 0.5) is 0 Å². The van der Waals surface area contributed by atoms with Crippen molar-refractivity contribution < 1.29 is 13.2 Å². The second-order valence-corrected chi connectivity index (χ2v) is 8.65. The van der Waals surface area contributed by atoms with Crippen molar-refractivity contribution in [3.8, 4) is 11.1 Å². The van der Waals surface area contributed by atoms with Gasteiger partial charge in [-0.15, -0.1) is 0 Å². The highest BCUT2D eigenvalue weighted by molar-refractivity contribution is 7.89. The summed E-state index contributed by atoms with van der Waals surface area (Å²) in [6, 6.07) is 17.6. The van der Waals surface area contributed by atoms with E-state index in [1.807, 2.05) is 54.6 Å². The number of carbonyl (C=O) groups excluding carboxylic acids is 1. The standard InChI is InChI=1S/C20H24N2O3S/c1-2-26(24,25)22-14-6-13-21(15-16-22)20(23)19-11-9-18(10-12-19)17-7-4-3-5-8-17/h3-5,7-12H,2,6,13-16H2,1H3. The lowest BCUT2D eigenvalue weighted by Crippen LogP contribution is -2.37. The molecule has 0 aliphatic carbocycles. The predicted molar refractivity (Wildman–Crippen MR) is 103 cm³/mol. The van der Waals surface area contributed by atoms with E-state index in [2.05, 4.69) is 0 Å². The highest BCUT2D eigenvalue weighted by Crippen LogP contribution is 2.20. The summed E-state index contributed by atoms with van der Waals surface area (Å²) in [5, 5.41) is 0. The van der Waals surface area contributed by atoms with E-state index in [9.17, 15) is 13.2 Å². The van der Waals surface area contributed by atoms with Crippen LogP contribution >= 0.6 is 0 Å². The lowest BCUT2D eigenvalue weighted by atomic mass is 10.0. The molecule has 0 atom stereocenters. The fraction of sp³-hybridized carbons (Fsp3) is 0.350. The largest absolute Gasteiger partial charge is 0.337 e. The van der Waals surface area contributed by atoms with Crippen molar-refractivity contribution in [3.05, 3.63) is 60.2 Å². The Kier molecular flexibility index (Phi) is 5.74. The van der Waals surface area contributed by atoms with Crippen LogP contribution in [0, 0.1) is 0 Å². The lowest BCUT2D eigenvalue weighted by Gasteiger charge is -2.21. The minimum absolute atomic E-state index is 0.0413. The maximum atomic E-state index is 12.8. The van der Waals surface area contributed by atoms with E-state index in [-0.39, 0.29) is 11.7 Å². The number of amides is 1. The van der Waals surface area contributed by atoms with Crippen LogP contribution < -0.4 is 0 Å². The second-order valence-electron chi connectivity index (χ2n) is 6.39. The summed E-state index contributed by atoms with van der Waals surface area (Å²) < 4.78 is 25.6. The average molecular weight is 372 g/mol. The average Bonchev–Trinajstić information content (AvgIpc) is 2.95. The van der Waals surface area contributed by atoms with Crippen molar-refractivity contribution >= 4 is 15.9 Å². The molecule has 0 aromatic heterocycles. The normalized spacial score (nSPS) is 16.3. The molecule has 0 saturated carbocycles. The van der Waals surface area contributed by atoms with E-state index in [0.29, 0.717) is 38.2 Å². The summed E-state index contributed by atoms with van der Waals surface area (Å²) in [6.07, 6.45) is 0.660. The zero-order valence-corrected chi connectivity index (χ0v) is 15.8. The third kappa shape index (κ3) is 4.14. The maximum Gasteiger partial charge on any atom is 0.253 e. The zero-order valence-electron chi connectivity index (χ0n) is 15.0. The summed E-state index contributed by atoms with van der Waals surface area (Å²) in [5.74, 6) is 0.0578. The molecule has 1 amide bonds. The summed E-state index contributed by atoms with van der Waals surface area (Å²) in [4.78, 5) is 14.5. The van der Waals surface area contributed by atoms with Crippen LogP contribution in [0.1, 0.15) is 23.7 Å². The van der Waals surface area contributed by atoms with Gasteiger partial charge in [0.05, 0.1) is 5.75 Å². The Morgan fingerprint density at radius 1 is 0.885 bits per heavy atom. The van der Waals surface area contributed by atoms with Gasteiger partial charge in [-0.05, 0) is 36.6 Å². The smallest absolute Gasteiger partial charge is 0.253 e. The molecule has 0 bridgehead atoms. The van der Waals surface area contributed by atoms with E-state index in [1.165, 1.54) is 4.31 Å². The highest BCUT2D eigenvalue weighted by Gasteiger charge is 2.25. The number of hydrogen-bond acceptors (Lipinski definition) is 3. The van der Waals surface area contributed by atoms with Crippen molar-refractivity contribution in [3.63, 3.8) is 0 Å². The van der Waals surface area contributed by atoms with Gasteiger partial charge in [-0.3, -0.25) is 4.79 Å². The maximum absolute atomic E-state index is 12.8. The summed E-state index contributed by atoms with van der Waals surface area (Å²) in [7, 11) is -3.20. The molecule has 2 aromatic carbocycles. The molecule has 0 unspecified atom stereocenters. The third-order valence-corrected chi connectivity index (χ3v) is 6.62.